The quantitative estimate of drug-likeness (QED) is 0.529. The molecule has 4 heteroatoms. The van der Waals surface area contributed by atoms with Gasteiger partial charge in [0.15, 0.2) is 0 Å². The highest BCUT2D eigenvalue weighted by atomic mass is 32.2. The predicted octanol–water partition coefficient (Wildman–Crippen LogP) is 4.44. The summed E-state index contributed by atoms with van der Waals surface area (Å²) in [5.41, 5.74) is 0.945. The minimum atomic E-state index is -0.200. The summed E-state index contributed by atoms with van der Waals surface area (Å²) < 4.78 is 0.277. The van der Waals surface area contributed by atoms with Crippen molar-refractivity contribution in [1.29, 1.82) is 0 Å². The van der Waals surface area contributed by atoms with Crippen LogP contribution in [0.25, 0.3) is 0 Å². The minimum Gasteiger partial charge on any atom is -0.390 e. The van der Waals surface area contributed by atoms with Gasteiger partial charge in [0.05, 0.1) is 5.71 Å². The Labute approximate surface area is 115 Å². The van der Waals surface area contributed by atoms with Crippen LogP contribution in [0.15, 0.2) is 5.16 Å². The normalized spacial score (nSPS) is 13.9. The summed E-state index contributed by atoms with van der Waals surface area (Å²) in [4.78, 5) is 5.52. The Balaban J connectivity index is 4.32. The van der Waals surface area contributed by atoms with Gasteiger partial charge in [0, 0.05) is 16.3 Å². The van der Waals surface area contributed by atoms with E-state index in [2.05, 4.69) is 32.9 Å². The van der Waals surface area contributed by atoms with E-state index < -0.39 is 0 Å². The van der Waals surface area contributed by atoms with Gasteiger partial charge < -0.3 is 4.84 Å². The first kappa shape index (κ1) is 17.2. The second-order valence-electron chi connectivity index (χ2n) is 5.90. The van der Waals surface area contributed by atoms with Crippen molar-refractivity contribution in [3.63, 3.8) is 0 Å². The predicted molar refractivity (Wildman–Crippen MR) is 83.5 cm³/mol. The third kappa shape index (κ3) is 12.4. The Morgan fingerprint density at radius 3 is 2.06 bits per heavy atom. The van der Waals surface area contributed by atoms with Gasteiger partial charge >= 0.3 is 0 Å². The first-order valence-corrected chi connectivity index (χ1v) is 8.23. The lowest BCUT2D eigenvalue weighted by atomic mass is 10.2. The Bertz CT molecular complexity index is 239. The lowest BCUT2D eigenvalue weighted by molar-refractivity contribution is 0.000833. The molecule has 0 fully saturated rings. The minimum absolute atomic E-state index is 0.200. The zero-order chi connectivity index (χ0) is 13.5. The number of hydrogen-bond donors (Lipinski definition) is 0. The molecule has 0 aromatic carbocycles. The van der Waals surface area contributed by atoms with Crippen LogP contribution in [0.3, 0.4) is 0 Å². The Hall–Kier alpha value is 0.170. The number of oxime groups is 1. The first-order valence-electron chi connectivity index (χ1n) is 6.09. The molecular weight excluding hydrogens is 250 g/mol. The molecule has 0 aromatic heterocycles. The average molecular weight is 277 g/mol. The third-order valence-electron chi connectivity index (χ3n) is 1.59. The van der Waals surface area contributed by atoms with Crippen LogP contribution < -0.4 is 0 Å². The smallest absolute Gasteiger partial charge is 0.129 e. The molecule has 0 rings (SSSR count). The highest BCUT2D eigenvalue weighted by molar-refractivity contribution is 8.02. The van der Waals surface area contributed by atoms with Crippen molar-refractivity contribution < 1.29 is 4.84 Å². The maximum Gasteiger partial charge on any atom is 0.129 e. The van der Waals surface area contributed by atoms with Gasteiger partial charge in [-0.3, -0.25) is 0 Å². The topological polar surface area (TPSA) is 21.6 Å². The number of hydrogen-bond acceptors (Lipinski definition) is 4. The van der Waals surface area contributed by atoms with E-state index in [9.17, 15) is 0 Å². The summed E-state index contributed by atoms with van der Waals surface area (Å²) in [6.07, 6.45) is 0. The van der Waals surface area contributed by atoms with Crippen molar-refractivity contribution in [2.45, 2.75) is 58.8 Å². The molecule has 17 heavy (non-hydrogen) atoms. The molecule has 0 aliphatic rings. The van der Waals surface area contributed by atoms with E-state index in [0.29, 0.717) is 0 Å². The molecule has 2 nitrogen and oxygen atoms in total. The third-order valence-corrected chi connectivity index (χ3v) is 3.88. The summed E-state index contributed by atoms with van der Waals surface area (Å²) in [7, 11) is 0. The molecule has 0 amide bonds. The number of rotatable bonds is 6. The largest absolute Gasteiger partial charge is 0.390 e. The zero-order valence-electron chi connectivity index (χ0n) is 12.3. The van der Waals surface area contributed by atoms with Gasteiger partial charge in [-0.25, -0.2) is 0 Å². The monoisotopic (exact) mass is 277 g/mol. The van der Waals surface area contributed by atoms with Gasteiger partial charge in [0.1, 0.15) is 5.60 Å². The number of thioether (sulfide) groups is 2. The van der Waals surface area contributed by atoms with E-state index in [4.69, 9.17) is 4.84 Å². The van der Waals surface area contributed by atoms with Gasteiger partial charge in [-0.1, -0.05) is 32.9 Å². The van der Waals surface area contributed by atoms with Crippen LogP contribution >= 0.6 is 23.5 Å². The van der Waals surface area contributed by atoms with Gasteiger partial charge in [-0.2, -0.15) is 11.8 Å². The molecular formula is C13H27NOS2. The Morgan fingerprint density at radius 2 is 1.65 bits per heavy atom. The van der Waals surface area contributed by atoms with E-state index >= 15 is 0 Å². The summed E-state index contributed by atoms with van der Waals surface area (Å²) in [5, 5.41) is 4.31. The van der Waals surface area contributed by atoms with Gasteiger partial charge in [0.25, 0.3) is 0 Å². The molecule has 0 saturated heterocycles. The fourth-order valence-electron chi connectivity index (χ4n) is 0.816. The van der Waals surface area contributed by atoms with Crippen LogP contribution in [-0.2, 0) is 4.84 Å². The standard InChI is InChI=1S/C13H27NOS2/c1-8-16-9-11(10-17-13(5,6)7)14-15-12(2,3)4/h8-10H2,1-7H3/b14-11+. The summed E-state index contributed by atoms with van der Waals surface area (Å²) in [6.45, 7) is 14.9. The van der Waals surface area contributed by atoms with Crippen molar-refractivity contribution in [2.75, 3.05) is 17.3 Å². The summed E-state index contributed by atoms with van der Waals surface area (Å²) >= 11 is 3.81. The molecule has 0 aliphatic carbocycles. The molecule has 0 saturated carbocycles. The van der Waals surface area contributed by atoms with Crippen molar-refractivity contribution in [1.82, 2.24) is 0 Å². The Kier molecular flexibility index (Phi) is 7.65. The molecule has 0 atom stereocenters. The van der Waals surface area contributed by atoms with Crippen molar-refractivity contribution >= 4 is 29.2 Å². The SMILES string of the molecule is CCSC/C(CSC(C)(C)C)=N\OC(C)(C)C. The van der Waals surface area contributed by atoms with Gasteiger partial charge in [0.2, 0.25) is 0 Å². The van der Waals surface area contributed by atoms with Crippen LogP contribution in [0.5, 0.6) is 0 Å². The van der Waals surface area contributed by atoms with Crippen molar-refractivity contribution in [3.8, 4) is 0 Å². The van der Waals surface area contributed by atoms with E-state index in [1.165, 1.54) is 0 Å². The second-order valence-corrected chi connectivity index (χ2v) is 8.98. The maximum atomic E-state index is 5.52. The first-order chi connectivity index (χ1) is 7.64. The van der Waals surface area contributed by atoms with Crippen LogP contribution in [0.4, 0.5) is 0 Å². The molecule has 0 unspecified atom stereocenters. The van der Waals surface area contributed by atoms with Crippen LogP contribution in [-0.4, -0.2) is 33.3 Å². The van der Waals surface area contributed by atoms with Gasteiger partial charge in [-0.05, 0) is 26.5 Å². The molecule has 0 spiro atoms. The molecule has 0 aliphatic heterocycles. The fraction of sp³-hybridized carbons (Fsp3) is 0.923. The fourth-order valence-corrected chi connectivity index (χ4v) is 2.29. The molecule has 0 aromatic rings. The molecule has 0 N–H and O–H groups in total. The van der Waals surface area contributed by atoms with Crippen LogP contribution in [0.1, 0.15) is 48.5 Å². The van der Waals surface area contributed by atoms with Crippen molar-refractivity contribution in [2.24, 2.45) is 5.16 Å². The highest BCUT2D eigenvalue weighted by Gasteiger charge is 2.15. The molecule has 0 heterocycles. The van der Waals surface area contributed by atoms with E-state index in [-0.39, 0.29) is 10.3 Å². The zero-order valence-corrected chi connectivity index (χ0v) is 13.9. The molecule has 102 valence electrons. The number of nitrogens with zero attached hydrogens (tertiary/aromatic N) is 1. The summed E-state index contributed by atoms with van der Waals surface area (Å²) in [6, 6.07) is 0. The van der Waals surface area contributed by atoms with E-state index in [1.54, 1.807) is 0 Å². The Morgan fingerprint density at radius 1 is 1.06 bits per heavy atom. The lowest BCUT2D eigenvalue weighted by Gasteiger charge is -2.20. The highest BCUT2D eigenvalue weighted by Crippen LogP contribution is 2.24. The summed E-state index contributed by atoms with van der Waals surface area (Å²) in [5.74, 6) is 3.04. The molecule has 0 bridgehead atoms. The van der Waals surface area contributed by atoms with Crippen LogP contribution in [0, 0.1) is 0 Å². The van der Waals surface area contributed by atoms with E-state index in [1.807, 2.05) is 44.3 Å². The lowest BCUT2D eigenvalue weighted by Crippen LogP contribution is -2.20. The van der Waals surface area contributed by atoms with Crippen LogP contribution in [0.2, 0.25) is 0 Å². The maximum absolute atomic E-state index is 5.52. The van der Waals surface area contributed by atoms with Gasteiger partial charge in [-0.15, -0.1) is 11.8 Å². The second kappa shape index (κ2) is 7.57. The van der Waals surface area contributed by atoms with Crippen molar-refractivity contribution in [3.05, 3.63) is 0 Å². The molecule has 0 radical (unpaired) electrons. The van der Waals surface area contributed by atoms with E-state index in [0.717, 1.165) is 23.0 Å². The average Bonchev–Trinajstić information content (AvgIpc) is 2.13.